The highest BCUT2D eigenvalue weighted by Gasteiger charge is 2.13. The average molecular weight is 344 g/mol. The van der Waals surface area contributed by atoms with Crippen LogP contribution >= 0.6 is 0 Å². The molecular weight excluding hydrogens is 328 g/mol. The standard InChI is InChI=1S/C16H16N4O5/c1-24-12-5-3-11(4-6-12)18-9-10-19-14(15(18)22)17-20(16(19)23)8-7-13(21)25-2/h3-6,9-10H,7-8H2,1-2H3. The molecule has 0 bridgehead atoms. The van der Waals surface area contributed by atoms with E-state index in [0.29, 0.717) is 11.4 Å². The lowest BCUT2D eigenvalue weighted by Crippen LogP contribution is -2.24. The van der Waals surface area contributed by atoms with Crippen molar-refractivity contribution in [2.45, 2.75) is 13.0 Å². The van der Waals surface area contributed by atoms with E-state index in [9.17, 15) is 14.4 Å². The lowest BCUT2D eigenvalue weighted by molar-refractivity contribution is -0.140. The Morgan fingerprint density at radius 2 is 1.84 bits per heavy atom. The molecule has 1 aromatic carbocycles. The van der Waals surface area contributed by atoms with Gasteiger partial charge in [0.25, 0.3) is 0 Å². The number of rotatable bonds is 5. The number of hydrogen-bond donors (Lipinski definition) is 0. The number of ether oxygens (including phenoxy) is 2. The van der Waals surface area contributed by atoms with Gasteiger partial charge in [-0.15, -0.1) is 5.10 Å². The molecule has 0 aliphatic rings. The summed E-state index contributed by atoms with van der Waals surface area (Å²) in [5, 5.41) is 4.04. The quantitative estimate of drug-likeness (QED) is 0.614. The summed E-state index contributed by atoms with van der Waals surface area (Å²) < 4.78 is 13.2. The molecule has 0 saturated carbocycles. The zero-order valence-corrected chi connectivity index (χ0v) is 13.7. The van der Waals surface area contributed by atoms with Gasteiger partial charge in [-0.05, 0) is 24.3 Å². The van der Waals surface area contributed by atoms with Crippen LogP contribution in [0.2, 0.25) is 0 Å². The predicted molar refractivity (Wildman–Crippen MR) is 88.2 cm³/mol. The minimum atomic E-state index is -0.488. The first kappa shape index (κ1) is 16.5. The number of benzene rings is 1. The molecule has 2 aromatic heterocycles. The average Bonchev–Trinajstić information content (AvgIpc) is 2.97. The van der Waals surface area contributed by atoms with E-state index in [0.717, 1.165) is 9.08 Å². The lowest BCUT2D eigenvalue weighted by atomic mass is 10.3. The fourth-order valence-corrected chi connectivity index (χ4v) is 2.40. The molecule has 3 rings (SSSR count). The highest BCUT2D eigenvalue weighted by Crippen LogP contribution is 2.13. The largest absolute Gasteiger partial charge is 0.497 e. The topological polar surface area (TPSA) is 96.8 Å². The van der Waals surface area contributed by atoms with Gasteiger partial charge in [0.1, 0.15) is 5.75 Å². The summed E-state index contributed by atoms with van der Waals surface area (Å²) in [6.07, 6.45) is 2.95. The van der Waals surface area contributed by atoms with Gasteiger partial charge in [0.2, 0.25) is 5.65 Å². The van der Waals surface area contributed by atoms with Crippen molar-refractivity contribution in [3.63, 3.8) is 0 Å². The van der Waals surface area contributed by atoms with E-state index >= 15 is 0 Å². The molecule has 0 spiro atoms. The molecule has 0 fully saturated rings. The monoisotopic (exact) mass is 344 g/mol. The minimum absolute atomic E-state index is 0.00699. The van der Waals surface area contributed by atoms with Crippen molar-refractivity contribution in [2.24, 2.45) is 0 Å². The van der Waals surface area contributed by atoms with Crippen LogP contribution in [0.3, 0.4) is 0 Å². The van der Waals surface area contributed by atoms with Crippen LogP contribution in [0.25, 0.3) is 11.3 Å². The smallest absolute Gasteiger partial charge is 0.350 e. The van der Waals surface area contributed by atoms with Crippen molar-refractivity contribution in [3.8, 4) is 11.4 Å². The Bertz CT molecular complexity index is 1030. The fraction of sp³-hybridized carbons (Fsp3) is 0.250. The highest BCUT2D eigenvalue weighted by molar-refractivity contribution is 5.68. The lowest BCUT2D eigenvalue weighted by Gasteiger charge is -2.06. The molecular formula is C16H16N4O5. The van der Waals surface area contributed by atoms with Gasteiger partial charge >= 0.3 is 17.2 Å². The number of nitrogens with zero attached hydrogens (tertiary/aromatic N) is 4. The molecule has 9 nitrogen and oxygen atoms in total. The second kappa shape index (κ2) is 6.63. The van der Waals surface area contributed by atoms with Crippen LogP contribution < -0.4 is 16.0 Å². The minimum Gasteiger partial charge on any atom is -0.497 e. The number of hydrogen-bond acceptors (Lipinski definition) is 6. The molecule has 0 atom stereocenters. The zero-order valence-electron chi connectivity index (χ0n) is 13.7. The Labute approximate surface area is 141 Å². The second-order valence-electron chi connectivity index (χ2n) is 5.20. The summed E-state index contributed by atoms with van der Waals surface area (Å²) in [5.41, 5.74) is -0.336. The predicted octanol–water partition coefficient (Wildman–Crippen LogP) is 0.219. The van der Waals surface area contributed by atoms with E-state index in [1.54, 1.807) is 31.4 Å². The molecule has 25 heavy (non-hydrogen) atoms. The molecule has 0 amide bonds. The van der Waals surface area contributed by atoms with Gasteiger partial charge < -0.3 is 9.47 Å². The summed E-state index contributed by atoms with van der Waals surface area (Å²) in [5.74, 6) is 0.209. The van der Waals surface area contributed by atoms with Crippen molar-refractivity contribution >= 4 is 11.6 Å². The summed E-state index contributed by atoms with van der Waals surface area (Å²) >= 11 is 0. The number of fused-ring (bicyclic) bond motifs is 1. The van der Waals surface area contributed by atoms with Crippen LogP contribution in [0.4, 0.5) is 0 Å². The van der Waals surface area contributed by atoms with Crippen molar-refractivity contribution in [1.82, 2.24) is 18.7 Å². The summed E-state index contributed by atoms with van der Waals surface area (Å²) in [7, 11) is 2.82. The van der Waals surface area contributed by atoms with Crippen LogP contribution in [-0.4, -0.2) is 38.9 Å². The third-order valence-electron chi connectivity index (χ3n) is 3.75. The van der Waals surface area contributed by atoms with E-state index in [2.05, 4.69) is 9.84 Å². The first-order chi connectivity index (χ1) is 12.0. The van der Waals surface area contributed by atoms with Crippen LogP contribution in [0.1, 0.15) is 6.42 Å². The van der Waals surface area contributed by atoms with Gasteiger partial charge in [-0.1, -0.05) is 0 Å². The number of carbonyl (C=O) groups excluding carboxylic acids is 1. The van der Waals surface area contributed by atoms with Gasteiger partial charge in [0, 0.05) is 18.1 Å². The van der Waals surface area contributed by atoms with Crippen LogP contribution in [0.15, 0.2) is 46.2 Å². The molecule has 0 unspecified atom stereocenters. The fourth-order valence-electron chi connectivity index (χ4n) is 2.40. The van der Waals surface area contributed by atoms with Gasteiger partial charge in [-0.3, -0.25) is 14.2 Å². The maximum absolute atomic E-state index is 12.6. The first-order valence-corrected chi connectivity index (χ1v) is 7.47. The van der Waals surface area contributed by atoms with E-state index in [1.807, 2.05) is 0 Å². The Hall–Kier alpha value is -3.36. The van der Waals surface area contributed by atoms with Gasteiger partial charge in [-0.2, -0.15) is 0 Å². The van der Waals surface area contributed by atoms with Crippen molar-refractivity contribution in [2.75, 3.05) is 14.2 Å². The molecule has 0 N–H and O–H groups in total. The van der Waals surface area contributed by atoms with E-state index in [4.69, 9.17) is 4.74 Å². The van der Waals surface area contributed by atoms with E-state index < -0.39 is 17.2 Å². The van der Waals surface area contributed by atoms with Crippen LogP contribution in [-0.2, 0) is 16.1 Å². The maximum atomic E-state index is 12.6. The molecule has 0 aliphatic heterocycles. The molecule has 2 heterocycles. The Kier molecular flexibility index (Phi) is 4.38. The van der Waals surface area contributed by atoms with Crippen molar-refractivity contribution in [1.29, 1.82) is 0 Å². The number of methoxy groups -OCH3 is 2. The molecule has 0 radical (unpaired) electrons. The van der Waals surface area contributed by atoms with Crippen molar-refractivity contribution < 1.29 is 14.3 Å². The number of esters is 1. The van der Waals surface area contributed by atoms with Crippen LogP contribution in [0, 0.1) is 0 Å². The third kappa shape index (κ3) is 3.03. The van der Waals surface area contributed by atoms with Gasteiger partial charge in [0.05, 0.1) is 27.2 Å². The third-order valence-corrected chi connectivity index (χ3v) is 3.75. The molecule has 9 heteroatoms. The molecule has 0 saturated heterocycles. The summed E-state index contributed by atoms with van der Waals surface area (Å²) in [4.78, 5) is 36.1. The van der Waals surface area contributed by atoms with E-state index in [1.165, 1.54) is 24.1 Å². The summed E-state index contributed by atoms with van der Waals surface area (Å²) in [6.45, 7) is 0.0369. The molecule has 3 aromatic rings. The molecule has 130 valence electrons. The Balaban J connectivity index is 2.03. The second-order valence-corrected chi connectivity index (χ2v) is 5.20. The first-order valence-electron chi connectivity index (χ1n) is 7.47. The number of aryl methyl sites for hydroxylation is 1. The normalized spacial score (nSPS) is 10.8. The zero-order chi connectivity index (χ0) is 18.0. The molecule has 0 aliphatic carbocycles. The Morgan fingerprint density at radius 1 is 1.12 bits per heavy atom. The SMILES string of the molecule is COC(=O)CCn1nc2c(=O)n(-c3ccc(OC)cc3)ccn2c1=O. The maximum Gasteiger partial charge on any atom is 0.350 e. The van der Waals surface area contributed by atoms with Crippen molar-refractivity contribution in [3.05, 3.63) is 57.5 Å². The highest BCUT2D eigenvalue weighted by atomic mass is 16.5. The number of aromatic nitrogens is 4. The van der Waals surface area contributed by atoms with E-state index in [-0.39, 0.29) is 18.6 Å². The van der Waals surface area contributed by atoms with Crippen LogP contribution in [0.5, 0.6) is 5.75 Å². The Morgan fingerprint density at radius 3 is 2.48 bits per heavy atom. The number of carbonyl (C=O) groups is 1. The van der Waals surface area contributed by atoms with Gasteiger partial charge in [-0.25, -0.2) is 13.9 Å². The van der Waals surface area contributed by atoms with Gasteiger partial charge in [0.15, 0.2) is 0 Å². The summed E-state index contributed by atoms with van der Waals surface area (Å²) in [6, 6.07) is 6.91.